The molecule has 3 atom stereocenters. The quantitative estimate of drug-likeness (QED) is 0.0439. The number of nitrogens with zero attached hydrogens (tertiary/aromatic N) is 5. The molecular weight excluding hydrogens is 893 g/mol. The highest BCUT2D eigenvalue weighted by atomic mass is 32.1. The summed E-state index contributed by atoms with van der Waals surface area (Å²) in [5, 5.41) is 14.2. The summed E-state index contributed by atoms with van der Waals surface area (Å²) in [5.74, 6) is 2.10. The van der Waals surface area contributed by atoms with Gasteiger partial charge in [-0.05, 0) is 81.3 Å². The van der Waals surface area contributed by atoms with E-state index in [1.165, 1.54) is 6.42 Å². The number of hydrogen-bond acceptors (Lipinski definition) is 13. The Morgan fingerprint density at radius 1 is 0.783 bits per heavy atom. The topological polar surface area (TPSA) is 177 Å². The van der Waals surface area contributed by atoms with Gasteiger partial charge in [0.2, 0.25) is 17.7 Å². The van der Waals surface area contributed by atoms with Crippen LogP contribution in [0.5, 0.6) is 11.6 Å². The third kappa shape index (κ3) is 11.3. The molecule has 2 amide bonds. The largest absolute Gasteiger partial charge is 0.491 e. The summed E-state index contributed by atoms with van der Waals surface area (Å²) in [7, 11) is 1.76. The molecule has 1 saturated heterocycles. The Balaban J connectivity index is 0.686. The first-order chi connectivity index (χ1) is 33.9. The number of nitrogens with one attached hydrogen (secondary N) is 2. The fourth-order valence-electron chi connectivity index (χ4n) is 9.47. The zero-order valence-corrected chi connectivity index (χ0v) is 40.3. The first kappa shape index (κ1) is 47.9. The van der Waals surface area contributed by atoms with Crippen molar-refractivity contribution < 1.29 is 33.3 Å². The van der Waals surface area contributed by atoms with E-state index in [0.29, 0.717) is 71.0 Å². The maximum atomic E-state index is 14.3. The third-order valence-corrected chi connectivity index (χ3v) is 14.2. The molecule has 0 radical (unpaired) electrons. The van der Waals surface area contributed by atoms with Gasteiger partial charge in [-0.25, -0.2) is 15.0 Å². The zero-order chi connectivity index (χ0) is 47.5. The van der Waals surface area contributed by atoms with Crippen LogP contribution in [0.2, 0.25) is 0 Å². The molecule has 0 bridgehead atoms. The van der Waals surface area contributed by atoms with Crippen LogP contribution < -0.4 is 25.8 Å². The van der Waals surface area contributed by atoms with Crippen LogP contribution in [0.15, 0.2) is 96.8 Å². The standard InChI is InChI=1S/C53H62N8O7S/c1-35(55-2)51(62)59-50(36-10-4-3-5-11-36)53(63)61-20-9-16-45(61)52-58-44(34-69-52)40-17-18-47(41-14-7-6-13-39(40)41)67-28-26-65-24-22-64-23-25-66-27-29-68-49-30-37-19-21-60(46(37)33-57-49)48-31-42-38(32-56-48)12-8-15-43(42)54/h6-8,12-15,17-19,21,30-36,45,50,55H,3-5,9-11,16,20,22-29,54H2,1-2H3,(H,59,62)/t35-,45-,50-/m0/s1. The molecule has 1 aliphatic carbocycles. The number of aromatic nitrogens is 4. The van der Waals surface area contributed by atoms with E-state index < -0.39 is 6.04 Å². The van der Waals surface area contributed by atoms with E-state index in [0.717, 1.165) is 98.8 Å². The zero-order valence-electron chi connectivity index (χ0n) is 39.4. The maximum absolute atomic E-state index is 14.3. The second kappa shape index (κ2) is 23.0. The number of pyridine rings is 2. The Hall–Kier alpha value is -6.17. The number of hydrogen-bond donors (Lipinski definition) is 3. The van der Waals surface area contributed by atoms with E-state index in [1.807, 2.05) is 83.4 Å². The molecule has 1 saturated carbocycles. The fourth-order valence-corrected chi connectivity index (χ4v) is 10.4. The summed E-state index contributed by atoms with van der Waals surface area (Å²) < 4.78 is 31.3. The van der Waals surface area contributed by atoms with Gasteiger partial charge in [0.05, 0.1) is 69.1 Å². The van der Waals surface area contributed by atoms with Crippen molar-refractivity contribution in [1.82, 2.24) is 35.1 Å². The Morgan fingerprint density at radius 2 is 1.54 bits per heavy atom. The van der Waals surface area contributed by atoms with E-state index in [9.17, 15) is 9.59 Å². The van der Waals surface area contributed by atoms with Crippen LogP contribution in [-0.4, -0.2) is 115 Å². The predicted octanol–water partition coefficient (Wildman–Crippen LogP) is 8.28. The maximum Gasteiger partial charge on any atom is 0.246 e. The van der Waals surface area contributed by atoms with Gasteiger partial charge in [-0.15, -0.1) is 11.3 Å². The summed E-state index contributed by atoms with van der Waals surface area (Å²) in [5.41, 5.74) is 9.73. The lowest BCUT2D eigenvalue weighted by atomic mass is 9.83. The number of carbonyl (C=O) groups excluding carboxylic acids is 2. The van der Waals surface area contributed by atoms with E-state index in [1.54, 1.807) is 24.6 Å². The number of amides is 2. The first-order valence-electron chi connectivity index (χ1n) is 24.2. The molecule has 69 heavy (non-hydrogen) atoms. The van der Waals surface area contributed by atoms with Gasteiger partial charge < -0.3 is 45.0 Å². The highest BCUT2D eigenvalue weighted by Gasteiger charge is 2.40. The van der Waals surface area contributed by atoms with E-state index in [2.05, 4.69) is 44.2 Å². The van der Waals surface area contributed by atoms with Crippen LogP contribution in [0.1, 0.15) is 62.9 Å². The molecule has 5 heterocycles. The average Bonchev–Trinajstić information content (AvgIpc) is 4.18. The predicted molar refractivity (Wildman–Crippen MR) is 270 cm³/mol. The number of nitrogens with two attached hydrogens (primary N) is 1. The van der Waals surface area contributed by atoms with Crippen LogP contribution >= 0.6 is 11.3 Å². The molecule has 7 aromatic rings. The van der Waals surface area contributed by atoms with Crippen LogP contribution in [0.3, 0.4) is 0 Å². The summed E-state index contributed by atoms with van der Waals surface area (Å²) in [6, 6.07) is 23.0. The first-order valence-corrected chi connectivity index (χ1v) is 25.1. The minimum Gasteiger partial charge on any atom is -0.491 e. The lowest BCUT2D eigenvalue weighted by Crippen LogP contribution is -2.55. The minimum absolute atomic E-state index is 0.0183. The van der Waals surface area contributed by atoms with Crippen LogP contribution in [-0.2, 0) is 23.8 Å². The fraction of sp³-hybridized carbons (Fsp3) is 0.415. The molecule has 1 aliphatic heterocycles. The lowest BCUT2D eigenvalue weighted by molar-refractivity contribution is -0.139. The number of benzene rings is 3. The Labute approximate surface area is 406 Å². The number of fused-ring (bicyclic) bond motifs is 3. The molecule has 16 heteroatoms. The number of likely N-dealkylation sites (tertiary alicyclic amines) is 1. The van der Waals surface area contributed by atoms with Crippen molar-refractivity contribution in [2.45, 2.75) is 70.0 Å². The Kier molecular flexibility index (Phi) is 15.9. The molecule has 9 rings (SSSR count). The van der Waals surface area contributed by atoms with Gasteiger partial charge in [-0.2, -0.15) is 0 Å². The van der Waals surface area contributed by atoms with Gasteiger partial charge in [0.15, 0.2) is 0 Å². The lowest BCUT2D eigenvalue weighted by Gasteiger charge is -2.35. The van der Waals surface area contributed by atoms with Gasteiger partial charge in [-0.3, -0.25) is 14.2 Å². The molecule has 362 valence electrons. The summed E-state index contributed by atoms with van der Waals surface area (Å²) in [6.07, 6.45) is 12.6. The SMILES string of the molecule is CN[C@@H](C)C(=O)N[C@H](C(=O)N1CCC[C@H]1c1nc(-c2ccc(OCCOCCOCCOCCOc3cc4ccn(-c5cc6c(N)cccc6cn5)c4cn3)c3ccccc23)cs1)C1CCCCC1. The minimum atomic E-state index is -0.525. The van der Waals surface area contributed by atoms with Crippen molar-refractivity contribution in [2.75, 3.05) is 72.2 Å². The molecule has 15 nitrogen and oxygen atoms in total. The van der Waals surface area contributed by atoms with Crippen molar-refractivity contribution in [3.8, 4) is 28.7 Å². The van der Waals surface area contributed by atoms with Gasteiger partial charge in [0.25, 0.3) is 0 Å². The molecule has 0 spiro atoms. The normalized spacial score (nSPS) is 16.3. The molecule has 4 N–H and O–H groups in total. The molecule has 2 aliphatic rings. The third-order valence-electron chi connectivity index (χ3n) is 13.3. The van der Waals surface area contributed by atoms with Gasteiger partial charge >= 0.3 is 0 Å². The number of thiazole rings is 1. The van der Waals surface area contributed by atoms with E-state index in [4.69, 9.17) is 34.4 Å². The van der Waals surface area contributed by atoms with Crippen LogP contribution in [0.4, 0.5) is 5.69 Å². The second-order valence-corrected chi connectivity index (χ2v) is 18.6. The van der Waals surface area contributed by atoms with Crippen LogP contribution in [0, 0.1) is 5.92 Å². The van der Waals surface area contributed by atoms with Gasteiger partial charge in [0, 0.05) is 63.2 Å². The molecule has 4 aromatic heterocycles. The highest BCUT2D eigenvalue weighted by molar-refractivity contribution is 7.10. The van der Waals surface area contributed by atoms with Crippen molar-refractivity contribution in [2.24, 2.45) is 5.92 Å². The average molecular weight is 955 g/mol. The van der Waals surface area contributed by atoms with Crippen molar-refractivity contribution >= 4 is 61.3 Å². The summed E-state index contributed by atoms with van der Waals surface area (Å²) in [6.45, 7) is 5.83. The molecular formula is C53H62N8O7S. The molecule has 3 aromatic carbocycles. The number of anilines is 1. The smallest absolute Gasteiger partial charge is 0.246 e. The molecule has 2 fully saturated rings. The van der Waals surface area contributed by atoms with Crippen molar-refractivity contribution in [3.63, 3.8) is 0 Å². The van der Waals surface area contributed by atoms with Crippen LogP contribution in [0.25, 0.3) is 49.5 Å². The number of nitrogen functional groups attached to an aromatic ring is 1. The number of rotatable bonds is 22. The number of carbonyl (C=O) groups is 2. The van der Waals surface area contributed by atoms with E-state index >= 15 is 0 Å². The summed E-state index contributed by atoms with van der Waals surface area (Å²) in [4.78, 5) is 43.6. The van der Waals surface area contributed by atoms with Gasteiger partial charge in [-0.1, -0.05) is 55.7 Å². The van der Waals surface area contributed by atoms with Crippen molar-refractivity contribution in [3.05, 3.63) is 102 Å². The van der Waals surface area contributed by atoms with Gasteiger partial charge in [0.1, 0.15) is 35.8 Å². The molecule has 0 unspecified atom stereocenters. The number of ether oxygens (including phenoxy) is 5. The summed E-state index contributed by atoms with van der Waals surface area (Å²) >= 11 is 1.60. The second-order valence-electron chi connectivity index (χ2n) is 17.7. The Bertz CT molecular complexity index is 2850. The van der Waals surface area contributed by atoms with Crippen molar-refractivity contribution in [1.29, 1.82) is 0 Å². The Morgan fingerprint density at radius 3 is 2.32 bits per heavy atom. The van der Waals surface area contributed by atoms with E-state index in [-0.39, 0.29) is 29.8 Å². The highest BCUT2D eigenvalue weighted by Crippen LogP contribution is 2.40. The monoisotopic (exact) mass is 954 g/mol. The number of likely N-dealkylation sites (N-methyl/N-ethyl adjacent to an activating group) is 1.